The van der Waals surface area contributed by atoms with Crippen molar-refractivity contribution in [2.45, 2.75) is 19.8 Å². The maximum absolute atomic E-state index is 11.5. The van der Waals surface area contributed by atoms with Crippen LogP contribution in [0, 0.1) is 0 Å². The van der Waals surface area contributed by atoms with Crippen molar-refractivity contribution in [2.24, 2.45) is 0 Å². The zero-order valence-corrected chi connectivity index (χ0v) is 9.40. The fourth-order valence-corrected chi connectivity index (χ4v) is 1.18. The Balaban J connectivity index is 2.57. The van der Waals surface area contributed by atoms with Gasteiger partial charge in [0.2, 0.25) is 0 Å². The Bertz CT molecular complexity index is 365. The van der Waals surface area contributed by atoms with Crippen LogP contribution in [0.3, 0.4) is 0 Å². The van der Waals surface area contributed by atoms with E-state index in [1.54, 1.807) is 12.1 Å². The summed E-state index contributed by atoms with van der Waals surface area (Å²) in [6, 6.07) is 6.30. The number of rotatable bonds is 5. The van der Waals surface area contributed by atoms with Crippen LogP contribution in [-0.4, -0.2) is 17.7 Å². The third kappa shape index (κ3) is 3.42. The minimum Gasteiger partial charge on any atom is -0.508 e. The highest BCUT2D eigenvalue weighted by Gasteiger charge is 2.10. The van der Waals surface area contributed by atoms with E-state index in [1.807, 2.05) is 6.92 Å². The van der Waals surface area contributed by atoms with Crippen molar-refractivity contribution in [3.05, 3.63) is 36.4 Å². The van der Waals surface area contributed by atoms with Crippen LogP contribution < -0.4 is 0 Å². The molecule has 0 aliphatic heterocycles. The molecule has 86 valence electrons. The molecule has 0 aliphatic carbocycles. The van der Waals surface area contributed by atoms with Crippen molar-refractivity contribution in [1.29, 1.82) is 0 Å². The molecular formula is C13H16O3. The lowest BCUT2D eigenvalue weighted by Crippen LogP contribution is -2.07. The second-order valence-corrected chi connectivity index (χ2v) is 3.51. The Labute approximate surface area is 95.4 Å². The maximum atomic E-state index is 11.5. The van der Waals surface area contributed by atoms with E-state index in [4.69, 9.17) is 9.84 Å². The van der Waals surface area contributed by atoms with E-state index in [1.165, 1.54) is 12.1 Å². The van der Waals surface area contributed by atoms with E-state index in [0.29, 0.717) is 17.7 Å². The lowest BCUT2D eigenvalue weighted by atomic mass is 10.1. The topological polar surface area (TPSA) is 46.5 Å². The number of hydrogen-bond donors (Lipinski definition) is 1. The lowest BCUT2D eigenvalue weighted by Gasteiger charge is -2.06. The van der Waals surface area contributed by atoms with Gasteiger partial charge in [0.05, 0.1) is 12.2 Å². The standard InChI is InChI=1S/C13H16O3/c1-3-4-9-16-13(15)10(2)11-5-7-12(14)8-6-11/h5-8,14H,2-4,9H2,1H3. The summed E-state index contributed by atoms with van der Waals surface area (Å²) in [6.07, 6.45) is 1.84. The Morgan fingerprint density at radius 1 is 1.38 bits per heavy atom. The first-order chi connectivity index (χ1) is 7.65. The number of esters is 1. The van der Waals surface area contributed by atoms with Crippen molar-refractivity contribution in [2.75, 3.05) is 6.61 Å². The van der Waals surface area contributed by atoms with E-state index in [-0.39, 0.29) is 5.75 Å². The molecule has 0 fully saturated rings. The highest BCUT2D eigenvalue weighted by atomic mass is 16.5. The van der Waals surface area contributed by atoms with Gasteiger partial charge >= 0.3 is 5.97 Å². The predicted molar refractivity (Wildman–Crippen MR) is 63.0 cm³/mol. The summed E-state index contributed by atoms with van der Waals surface area (Å²) in [5.74, 6) is -0.241. The van der Waals surface area contributed by atoms with E-state index >= 15 is 0 Å². The minimum absolute atomic E-state index is 0.163. The van der Waals surface area contributed by atoms with Gasteiger partial charge in [0.1, 0.15) is 5.75 Å². The van der Waals surface area contributed by atoms with Gasteiger partial charge in [0.25, 0.3) is 0 Å². The fourth-order valence-electron chi connectivity index (χ4n) is 1.18. The zero-order chi connectivity index (χ0) is 12.0. The number of phenols is 1. The van der Waals surface area contributed by atoms with Crippen molar-refractivity contribution in [3.63, 3.8) is 0 Å². The van der Waals surface area contributed by atoms with Crippen LogP contribution >= 0.6 is 0 Å². The summed E-state index contributed by atoms with van der Waals surface area (Å²) in [4.78, 5) is 11.5. The van der Waals surface area contributed by atoms with Crippen LogP contribution in [0.1, 0.15) is 25.3 Å². The Kier molecular flexibility index (Phi) is 4.58. The normalized spacial score (nSPS) is 9.81. The SMILES string of the molecule is C=C(C(=O)OCCCC)c1ccc(O)cc1. The summed E-state index contributed by atoms with van der Waals surface area (Å²) in [7, 11) is 0. The smallest absolute Gasteiger partial charge is 0.338 e. The van der Waals surface area contributed by atoms with Gasteiger partial charge in [-0.2, -0.15) is 0 Å². The highest BCUT2D eigenvalue weighted by Crippen LogP contribution is 2.17. The van der Waals surface area contributed by atoms with Crippen LogP contribution in [0.4, 0.5) is 0 Å². The van der Waals surface area contributed by atoms with Crippen molar-refractivity contribution in [1.82, 2.24) is 0 Å². The molecule has 1 aromatic carbocycles. The fraction of sp³-hybridized carbons (Fsp3) is 0.308. The van der Waals surface area contributed by atoms with Crippen molar-refractivity contribution in [3.8, 4) is 5.75 Å². The summed E-state index contributed by atoms with van der Waals surface area (Å²) in [5.41, 5.74) is 0.982. The molecule has 0 radical (unpaired) electrons. The summed E-state index contributed by atoms with van der Waals surface area (Å²) < 4.78 is 5.03. The van der Waals surface area contributed by atoms with E-state index in [0.717, 1.165) is 12.8 Å². The monoisotopic (exact) mass is 220 g/mol. The molecule has 0 atom stereocenters. The number of ether oxygens (including phenoxy) is 1. The molecule has 0 amide bonds. The number of aromatic hydroxyl groups is 1. The second kappa shape index (κ2) is 5.95. The molecule has 0 heterocycles. The highest BCUT2D eigenvalue weighted by molar-refractivity contribution is 6.15. The third-order valence-corrected chi connectivity index (χ3v) is 2.19. The van der Waals surface area contributed by atoms with Gasteiger partial charge in [0, 0.05) is 0 Å². The first-order valence-corrected chi connectivity index (χ1v) is 5.30. The maximum Gasteiger partial charge on any atom is 0.338 e. The average molecular weight is 220 g/mol. The molecule has 3 nitrogen and oxygen atoms in total. The summed E-state index contributed by atoms with van der Waals surface area (Å²) in [6.45, 7) is 6.13. The van der Waals surface area contributed by atoms with E-state index in [2.05, 4.69) is 6.58 Å². The number of hydrogen-bond acceptors (Lipinski definition) is 3. The molecule has 16 heavy (non-hydrogen) atoms. The molecular weight excluding hydrogens is 204 g/mol. The molecule has 0 aliphatic rings. The first-order valence-electron chi connectivity index (χ1n) is 5.30. The molecule has 1 rings (SSSR count). The lowest BCUT2D eigenvalue weighted by molar-refractivity contribution is -0.136. The average Bonchev–Trinajstić information content (AvgIpc) is 2.29. The van der Waals surface area contributed by atoms with Gasteiger partial charge in [-0.15, -0.1) is 0 Å². The molecule has 0 saturated carbocycles. The van der Waals surface area contributed by atoms with Gasteiger partial charge in [0.15, 0.2) is 0 Å². The van der Waals surface area contributed by atoms with Gasteiger partial charge in [-0.3, -0.25) is 0 Å². The second-order valence-electron chi connectivity index (χ2n) is 3.51. The minimum atomic E-state index is -0.404. The zero-order valence-electron chi connectivity index (χ0n) is 9.40. The molecule has 0 bridgehead atoms. The van der Waals surface area contributed by atoms with Crippen LogP contribution in [0.5, 0.6) is 5.75 Å². The van der Waals surface area contributed by atoms with Crippen LogP contribution in [0.2, 0.25) is 0 Å². The largest absolute Gasteiger partial charge is 0.508 e. The van der Waals surface area contributed by atoms with Gasteiger partial charge in [-0.05, 0) is 24.1 Å². The molecule has 0 unspecified atom stereocenters. The number of phenolic OH excluding ortho intramolecular Hbond substituents is 1. The number of benzene rings is 1. The summed E-state index contributed by atoms with van der Waals surface area (Å²) in [5, 5.41) is 9.10. The Hall–Kier alpha value is -1.77. The number of carbonyl (C=O) groups is 1. The molecule has 0 aromatic heterocycles. The van der Waals surface area contributed by atoms with Crippen LogP contribution in [0.15, 0.2) is 30.8 Å². The molecule has 0 saturated heterocycles. The Morgan fingerprint density at radius 2 is 2.00 bits per heavy atom. The predicted octanol–water partition coefficient (Wildman–Crippen LogP) is 2.75. The van der Waals surface area contributed by atoms with Gasteiger partial charge in [-0.1, -0.05) is 32.1 Å². The van der Waals surface area contributed by atoms with Crippen LogP contribution in [0.25, 0.3) is 5.57 Å². The van der Waals surface area contributed by atoms with Crippen LogP contribution in [-0.2, 0) is 9.53 Å². The van der Waals surface area contributed by atoms with E-state index in [9.17, 15) is 4.79 Å². The number of unbranched alkanes of at least 4 members (excludes halogenated alkanes) is 1. The molecule has 3 heteroatoms. The van der Waals surface area contributed by atoms with Gasteiger partial charge < -0.3 is 9.84 Å². The summed E-state index contributed by atoms with van der Waals surface area (Å²) >= 11 is 0. The van der Waals surface area contributed by atoms with E-state index < -0.39 is 5.97 Å². The van der Waals surface area contributed by atoms with Crippen molar-refractivity contribution >= 4 is 11.5 Å². The Morgan fingerprint density at radius 3 is 2.56 bits per heavy atom. The molecule has 1 aromatic rings. The first kappa shape index (κ1) is 12.3. The quantitative estimate of drug-likeness (QED) is 0.471. The number of carbonyl (C=O) groups excluding carboxylic acids is 1. The van der Waals surface area contributed by atoms with Gasteiger partial charge in [-0.25, -0.2) is 4.79 Å². The molecule has 0 spiro atoms. The molecule has 1 N–H and O–H groups in total. The van der Waals surface area contributed by atoms with Crippen molar-refractivity contribution < 1.29 is 14.6 Å². The third-order valence-electron chi connectivity index (χ3n) is 2.19.